The summed E-state index contributed by atoms with van der Waals surface area (Å²) in [5.41, 5.74) is 7.20. The molecule has 2 nitrogen and oxygen atoms in total. The molecule has 0 radical (unpaired) electrons. The molecule has 0 heterocycles. The van der Waals surface area contributed by atoms with Crippen LogP contribution in [0.5, 0.6) is 0 Å². The van der Waals surface area contributed by atoms with Crippen molar-refractivity contribution < 1.29 is 0 Å². The zero-order valence-corrected chi connectivity index (χ0v) is 14.7. The van der Waals surface area contributed by atoms with Gasteiger partial charge in [-0.2, -0.15) is 0 Å². The minimum absolute atomic E-state index is 0.288. The second-order valence-electron chi connectivity index (χ2n) is 6.16. The van der Waals surface area contributed by atoms with E-state index in [1.54, 1.807) is 0 Å². The molecule has 1 rings (SSSR count). The predicted octanol–water partition coefficient (Wildman–Crippen LogP) is 4.55. The third-order valence-corrected chi connectivity index (χ3v) is 4.13. The standard InChI is InChI=1S/C18H30N2S/c1-5-16(6-2)20(13-14(3)4)17(12-18(19)21)15-10-8-7-9-11-15/h7-11,14,16-17H,5-6,12-13H2,1-4H3,(H2,19,21). The van der Waals surface area contributed by atoms with Crippen LogP contribution in [0.3, 0.4) is 0 Å². The van der Waals surface area contributed by atoms with E-state index in [1.807, 2.05) is 0 Å². The Balaban J connectivity index is 3.12. The highest BCUT2D eigenvalue weighted by Crippen LogP contribution is 2.29. The van der Waals surface area contributed by atoms with Crippen molar-refractivity contribution >= 4 is 17.2 Å². The summed E-state index contributed by atoms with van der Waals surface area (Å²) in [6.45, 7) is 10.2. The summed E-state index contributed by atoms with van der Waals surface area (Å²) in [6.07, 6.45) is 3.07. The Kier molecular flexibility index (Phi) is 7.91. The highest BCUT2D eigenvalue weighted by Gasteiger charge is 2.26. The van der Waals surface area contributed by atoms with Gasteiger partial charge < -0.3 is 5.73 Å². The van der Waals surface area contributed by atoms with Crippen LogP contribution in [-0.2, 0) is 0 Å². The van der Waals surface area contributed by atoms with Crippen molar-refractivity contribution in [3.8, 4) is 0 Å². The van der Waals surface area contributed by atoms with Gasteiger partial charge in [0.2, 0.25) is 0 Å². The van der Waals surface area contributed by atoms with Crippen molar-refractivity contribution in [2.45, 2.75) is 59.0 Å². The Morgan fingerprint density at radius 3 is 2.14 bits per heavy atom. The molecular weight excluding hydrogens is 276 g/mol. The zero-order chi connectivity index (χ0) is 15.8. The summed E-state index contributed by atoms with van der Waals surface area (Å²) in [6, 6.07) is 11.5. The van der Waals surface area contributed by atoms with E-state index in [0.29, 0.717) is 16.9 Å². The third kappa shape index (κ3) is 5.76. The molecule has 2 N–H and O–H groups in total. The Morgan fingerprint density at radius 1 is 1.14 bits per heavy atom. The number of hydrogen-bond donors (Lipinski definition) is 1. The SMILES string of the molecule is CCC(CC)N(CC(C)C)C(CC(N)=S)c1ccccc1. The predicted molar refractivity (Wildman–Crippen MR) is 96.5 cm³/mol. The molecule has 0 aromatic heterocycles. The van der Waals surface area contributed by atoms with Gasteiger partial charge in [0, 0.05) is 25.0 Å². The maximum atomic E-state index is 5.89. The van der Waals surface area contributed by atoms with E-state index in [-0.39, 0.29) is 6.04 Å². The van der Waals surface area contributed by atoms with Crippen LogP contribution >= 0.6 is 12.2 Å². The quantitative estimate of drug-likeness (QED) is 0.679. The zero-order valence-electron chi connectivity index (χ0n) is 13.9. The van der Waals surface area contributed by atoms with E-state index in [1.165, 1.54) is 5.56 Å². The van der Waals surface area contributed by atoms with Gasteiger partial charge in [0.05, 0.1) is 4.99 Å². The molecule has 1 aromatic carbocycles. The minimum Gasteiger partial charge on any atom is -0.393 e. The molecule has 0 aliphatic rings. The number of rotatable bonds is 9. The second-order valence-corrected chi connectivity index (χ2v) is 6.68. The molecule has 1 atom stereocenters. The van der Waals surface area contributed by atoms with E-state index < -0.39 is 0 Å². The first kappa shape index (κ1) is 18.1. The Morgan fingerprint density at radius 2 is 1.71 bits per heavy atom. The summed E-state index contributed by atoms with van der Waals surface area (Å²) in [7, 11) is 0. The lowest BCUT2D eigenvalue weighted by Crippen LogP contribution is -2.41. The van der Waals surface area contributed by atoms with E-state index in [0.717, 1.165) is 25.8 Å². The molecule has 0 aliphatic carbocycles. The molecule has 0 aliphatic heterocycles. The van der Waals surface area contributed by atoms with Crippen LogP contribution in [0.1, 0.15) is 58.6 Å². The van der Waals surface area contributed by atoms with Crippen molar-refractivity contribution in [1.82, 2.24) is 4.90 Å². The first-order valence-corrected chi connectivity index (χ1v) is 8.49. The highest BCUT2D eigenvalue weighted by atomic mass is 32.1. The third-order valence-electron chi connectivity index (χ3n) is 3.97. The Bertz CT molecular complexity index is 412. The van der Waals surface area contributed by atoms with Crippen molar-refractivity contribution in [3.05, 3.63) is 35.9 Å². The van der Waals surface area contributed by atoms with Crippen molar-refractivity contribution in [1.29, 1.82) is 0 Å². The molecule has 1 aromatic rings. The van der Waals surface area contributed by atoms with Gasteiger partial charge in [-0.3, -0.25) is 4.90 Å². The maximum Gasteiger partial charge on any atom is 0.0746 e. The van der Waals surface area contributed by atoms with Gasteiger partial charge in [0.15, 0.2) is 0 Å². The van der Waals surface area contributed by atoms with Crippen LogP contribution in [0.15, 0.2) is 30.3 Å². The summed E-state index contributed by atoms with van der Waals surface area (Å²) in [5.74, 6) is 0.628. The van der Waals surface area contributed by atoms with Crippen LogP contribution in [0.25, 0.3) is 0 Å². The van der Waals surface area contributed by atoms with Gasteiger partial charge >= 0.3 is 0 Å². The number of hydrogen-bond acceptors (Lipinski definition) is 2. The largest absolute Gasteiger partial charge is 0.393 e. The molecule has 3 heteroatoms. The number of nitrogens with zero attached hydrogens (tertiary/aromatic N) is 1. The fourth-order valence-corrected chi connectivity index (χ4v) is 3.16. The first-order chi connectivity index (χ1) is 9.99. The lowest BCUT2D eigenvalue weighted by molar-refractivity contribution is 0.112. The lowest BCUT2D eigenvalue weighted by atomic mass is 9.96. The minimum atomic E-state index is 0.288. The van der Waals surface area contributed by atoms with E-state index in [4.69, 9.17) is 18.0 Å². The summed E-state index contributed by atoms with van der Waals surface area (Å²) in [5, 5.41) is 0. The summed E-state index contributed by atoms with van der Waals surface area (Å²) >= 11 is 5.21. The van der Waals surface area contributed by atoms with Crippen LogP contribution < -0.4 is 5.73 Å². The normalized spacial score (nSPS) is 13.1. The maximum absolute atomic E-state index is 5.89. The smallest absolute Gasteiger partial charge is 0.0746 e. The summed E-state index contributed by atoms with van der Waals surface area (Å²) < 4.78 is 0. The molecule has 21 heavy (non-hydrogen) atoms. The highest BCUT2D eigenvalue weighted by molar-refractivity contribution is 7.80. The summed E-state index contributed by atoms with van der Waals surface area (Å²) in [4.78, 5) is 3.21. The number of benzene rings is 1. The van der Waals surface area contributed by atoms with E-state index >= 15 is 0 Å². The molecule has 0 bridgehead atoms. The van der Waals surface area contributed by atoms with Crippen molar-refractivity contribution in [3.63, 3.8) is 0 Å². The molecule has 0 saturated heterocycles. The van der Waals surface area contributed by atoms with Crippen LogP contribution in [-0.4, -0.2) is 22.5 Å². The molecule has 118 valence electrons. The number of nitrogens with two attached hydrogens (primary N) is 1. The Hall–Kier alpha value is -0.930. The van der Waals surface area contributed by atoms with Gasteiger partial charge in [-0.15, -0.1) is 0 Å². The second kappa shape index (κ2) is 9.16. The average Bonchev–Trinajstić information content (AvgIpc) is 2.45. The lowest BCUT2D eigenvalue weighted by Gasteiger charge is -2.39. The topological polar surface area (TPSA) is 29.3 Å². The van der Waals surface area contributed by atoms with E-state index in [2.05, 4.69) is 62.9 Å². The fraction of sp³-hybridized carbons (Fsp3) is 0.611. The van der Waals surface area contributed by atoms with Crippen LogP contribution in [0.4, 0.5) is 0 Å². The van der Waals surface area contributed by atoms with Gasteiger partial charge in [-0.05, 0) is 24.3 Å². The van der Waals surface area contributed by atoms with E-state index in [9.17, 15) is 0 Å². The van der Waals surface area contributed by atoms with Gasteiger partial charge in [-0.25, -0.2) is 0 Å². The van der Waals surface area contributed by atoms with Gasteiger partial charge in [0.1, 0.15) is 0 Å². The van der Waals surface area contributed by atoms with Gasteiger partial charge in [-0.1, -0.05) is 70.2 Å². The molecular formula is C18H30N2S. The average molecular weight is 307 g/mol. The molecule has 1 unspecified atom stereocenters. The van der Waals surface area contributed by atoms with Gasteiger partial charge in [0.25, 0.3) is 0 Å². The molecule has 0 fully saturated rings. The number of thiocarbonyl (C=S) groups is 1. The van der Waals surface area contributed by atoms with Crippen LogP contribution in [0.2, 0.25) is 0 Å². The fourth-order valence-electron chi connectivity index (χ4n) is 3.00. The van der Waals surface area contributed by atoms with Crippen molar-refractivity contribution in [2.24, 2.45) is 11.7 Å². The first-order valence-electron chi connectivity index (χ1n) is 8.08. The van der Waals surface area contributed by atoms with Crippen molar-refractivity contribution in [2.75, 3.05) is 6.54 Å². The molecule has 0 spiro atoms. The molecule has 0 amide bonds. The van der Waals surface area contributed by atoms with Crippen LogP contribution in [0, 0.1) is 5.92 Å². The molecule has 0 saturated carbocycles. The monoisotopic (exact) mass is 306 g/mol. The Labute approximate surface area is 135 Å².